The molecular formula is C15H24N2O2. The quantitative estimate of drug-likeness (QED) is 0.693. The van der Waals surface area contributed by atoms with Crippen molar-refractivity contribution in [1.82, 2.24) is 10.2 Å². The lowest BCUT2D eigenvalue weighted by molar-refractivity contribution is -0.128. The Bertz CT molecular complexity index is 352. The van der Waals surface area contributed by atoms with Gasteiger partial charge in [-0.05, 0) is 38.1 Å². The average Bonchev–Trinajstić information content (AvgIpc) is 2.42. The summed E-state index contributed by atoms with van der Waals surface area (Å²) in [6, 6.07) is 9.83. The van der Waals surface area contributed by atoms with Crippen molar-refractivity contribution in [2.45, 2.75) is 19.3 Å². The highest BCUT2D eigenvalue weighted by Gasteiger charge is 2.02. The molecule has 106 valence electrons. The molecule has 0 radical (unpaired) electrons. The third kappa shape index (κ3) is 7.47. The monoisotopic (exact) mass is 264 g/mol. The zero-order valence-electron chi connectivity index (χ0n) is 11.9. The molecule has 1 N–H and O–H groups in total. The molecular weight excluding hydrogens is 240 g/mol. The minimum Gasteiger partial charge on any atom is -0.494 e. The number of hydrogen-bond donors (Lipinski definition) is 1. The fourth-order valence-corrected chi connectivity index (χ4v) is 1.62. The normalized spacial score (nSPS) is 10.2. The first-order valence-corrected chi connectivity index (χ1v) is 6.79. The second kappa shape index (κ2) is 9.39. The summed E-state index contributed by atoms with van der Waals surface area (Å²) in [4.78, 5) is 12.9. The van der Waals surface area contributed by atoms with Crippen molar-refractivity contribution in [1.29, 1.82) is 0 Å². The van der Waals surface area contributed by atoms with Gasteiger partial charge in [-0.1, -0.05) is 18.2 Å². The lowest BCUT2D eigenvalue weighted by Crippen LogP contribution is -2.24. The van der Waals surface area contributed by atoms with Crippen LogP contribution in [0.1, 0.15) is 19.3 Å². The Labute approximate surface area is 115 Å². The maximum atomic E-state index is 11.3. The van der Waals surface area contributed by atoms with Crippen LogP contribution in [-0.4, -0.2) is 44.6 Å². The topological polar surface area (TPSA) is 41.6 Å². The van der Waals surface area contributed by atoms with Gasteiger partial charge in [-0.3, -0.25) is 4.79 Å². The van der Waals surface area contributed by atoms with Crippen LogP contribution in [0, 0.1) is 0 Å². The first-order chi connectivity index (χ1) is 9.20. The molecule has 0 bridgehead atoms. The van der Waals surface area contributed by atoms with E-state index in [0.29, 0.717) is 13.0 Å². The number of para-hydroxylation sites is 1. The zero-order valence-corrected chi connectivity index (χ0v) is 11.9. The molecule has 0 unspecified atom stereocenters. The Morgan fingerprint density at radius 2 is 1.84 bits per heavy atom. The van der Waals surface area contributed by atoms with E-state index >= 15 is 0 Å². The van der Waals surface area contributed by atoms with Gasteiger partial charge in [0.05, 0.1) is 6.61 Å². The van der Waals surface area contributed by atoms with E-state index in [4.69, 9.17) is 4.74 Å². The van der Waals surface area contributed by atoms with Gasteiger partial charge < -0.3 is 15.0 Å². The van der Waals surface area contributed by atoms with Crippen LogP contribution in [0.5, 0.6) is 5.75 Å². The number of carbonyl (C=O) groups excluding carboxylic acids is 1. The first-order valence-electron chi connectivity index (χ1n) is 6.79. The largest absolute Gasteiger partial charge is 0.494 e. The van der Waals surface area contributed by atoms with Crippen LogP contribution in [0.4, 0.5) is 0 Å². The highest BCUT2D eigenvalue weighted by atomic mass is 16.5. The van der Waals surface area contributed by atoms with Gasteiger partial charge in [0, 0.05) is 20.5 Å². The van der Waals surface area contributed by atoms with E-state index in [1.165, 1.54) is 0 Å². The van der Waals surface area contributed by atoms with Crippen molar-refractivity contribution in [3.05, 3.63) is 30.3 Å². The molecule has 0 aliphatic heterocycles. The number of hydrogen-bond acceptors (Lipinski definition) is 3. The number of amides is 1. The van der Waals surface area contributed by atoms with E-state index in [-0.39, 0.29) is 5.91 Å². The minimum absolute atomic E-state index is 0.189. The smallest absolute Gasteiger partial charge is 0.222 e. The minimum atomic E-state index is 0.189. The first kappa shape index (κ1) is 15.5. The molecule has 0 atom stereocenters. The third-order valence-corrected chi connectivity index (χ3v) is 2.75. The lowest BCUT2D eigenvalue weighted by atomic mass is 10.3. The number of carbonyl (C=O) groups is 1. The van der Waals surface area contributed by atoms with Crippen LogP contribution < -0.4 is 10.1 Å². The molecule has 19 heavy (non-hydrogen) atoms. The molecule has 0 aliphatic carbocycles. The van der Waals surface area contributed by atoms with Crippen LogP contribution in [0.2, 0.25) is 0 Å². The Morgan fingerprint density at radius 3 is 2.53 bits per heavy atom. The molecule has 1 aromatic rings. The summed E-state index contributed by atoms with van der Waals surface area (Å²) in [5.41, 5.74) is 0. The third-order valence-electron chi connectivity index (χ3n) is 2.75. The van der Waals surface area contributed by atoms with Gasteiger partial charge in [-0.2, -0.15) is 0 Å². The van der Waals surface area contributed by atoms with E-state index < -0.39 is 0 Å². The van der Waals surface area contributed by atoms with Crippen molar-refractivity contribution < 1.29 is 9.53 Å². The van der Waals surface area contributed by atoms with Gasteiger partial charge >= 0.3 is 0 Å². The molecule has 0 heterocycles. The summed E-state index contributed by atoms with van der Waals surface area (Å²) in [6.45, 7) is 2.52. The maximum Gasteiger partial charge on any atom is 0.222 e. The van der Waals surface area contributed by atoms with Crippen LogP contribution in [0.15, 0.2) is 30.3 Å². The molecule has 4 nitrogen and oxygen atoms in total. The SMILES string of the molecule is CN(C)C(=O)CCCNCCCOc1ccccc1. The maximum absolute atomic E-state index is 11.3. The van der Waals surface area contributed by atoms with E-state index in [0.717, 1.165) is 31.7 Å². The van der Waals surface area contributed by atoms with Crippen molar-refractivity contribution in [3.63, 3.8) is 0 Å². The summed E-state index contributed by atoms with van der Waals surface area (Å²) in [7, 11) is 3.58. The van der Waals surface area contributed by atoms with Crippen molar-refractivity contribution in [3.8, 4) is 5.75 Å². The Kier molecular flexibility index (Phi) is 7.66. The van der Waals surface area contributed by atoms with Crippen molar-refractivity contribution in [2.24, 2.45) is 0 Å². The summed E-state index contributed by atoms with van der Waals surface area (Å²) in [5.74, 6) is 1.10. The van der Waals surface area contributed by atoms with E-state index in [9.17, 15) is 4.79 Å². The van der Waals surface area contributed by atoms with Gasteiger partial charge in [0.25, 0.3) is 0 Å². The lowest BCUT2D eigenvalue weighted by Gasteiger charge is -2.10. The van der Waals surface area contributed by atoms with Gasteiger partial charge in [-0.15, -0.1) is 0 Å². The number of nitrogens with zero attached hydrogens (tertiary/aromatic N) is 1. The summed E-state index contributed by atoms with van der Waals surface area (Å²) in [5, 5.41) is 3.32. The fraction of sp³-hybridized carbons (Fsp3) is 0.533. The van der Waals surface area contributed by atoms with Gasteiger partial charge in [0.15, 0.2) is 0 Å². The number of nitrogens with one attached hydrogen (secondary N) is 1. The molecule has 0 fully saturated rings. The van der Waals surface area contributed by atoms with Crippen molar-refractivity contribution >= 4 is 5.91 Å². The van der Waals surface area contributed by atoms with Gasteiger partial charge in [0.2, 0.25) is 5.91 Å². The molecule has 1 aromatic carbocycles. The molecule has 0 aliphatic rings. The zero-order chi connectivity index (χ0) is 13.9. The Hall–Kier alpha value is -1.55. The Balaban J connectivity index is 1.90. The molecule has 0 saturated heterocycles. The molecule has 1 amide bonds. The van der Waals surface area contributed by atoms with Crippen LogP contribution in [-0.2, 0) is 4.79 Å². The van der Waals surface area contributed by atoms with Crippen LogP contribution in [0.25, 0.3) is 0 Å². The van der Waals surface area contributed by atoms with Crippen molar-refractivity contribution in [2.75, 3.05) is 33.8 Å². The van der Waals surface area contributed by atoms with E-state index in [2.05, 4.69) is 5.32 Å². The fourth-order valence-electron chi connectivity index (χ4n) is 1.62. The highest BCUT2D eigenvalue weighted by Crippen LogP contribution is 2.07. The summed E-state index contributed by atoms with van der Waals surface area (Å²) in [6.07, 6.45) is 2.47. The van der Waals surface area contributed by atoms with Gasteiger partial charge in [-0.25, -0.2) is 0 Å². The van der Waals surface area contributed by atoms with E-state index in [1.54, 1.807) is 19.0 Å². The predicted octanol–water partition coefficient (Wildman–Crippen LogP) is 1.91. The molecule has 1 rings (SSSR count). The standard InChI is InChI=1S/C15H24N2O2/c1-17(2)15(18)10-6-11-16-12-7-13-19-14-8-4-3-5-9-14/h3-5,8-9,16H,6-7,10-13H2,1-2H3. The Morgan fingerprint density at radius 1 is 1.16 bits per heavy atom. The summed E-state index contributed by atoms with van der Waals surface area (Å²) >= 11 is 0. The van der Waals surface area contributed by atoms with E-state index in [1.807, 2.05) is 30.3 Å². The van der Waals surface area contributed by atoms with Gasteiger partial charge in [0.1, 0.15) is 5.75 Å². The number of rotatable bonds is 9. The molecule has 0 saturated carbocycles. The molecule has 4 heteroatoms. The highest BCUT2D eigenvalue weighted by molar-refractivity contribution is 5.75. The average molecular weight is 264 g/mol. The second-order valence-electron chi connectivity index (χ2n) is 4.66. The van der Waals surface area contributed by atoms with Crippen LogP contribution in [0.3, 0.4) is 0 Å². The number of benzene rings is 1. The molecule has 0 aromatic heterocycles. The second-order valence-corrected chi connectivity index (χ2v) is 4.66. The summed E-state index contributed by atoms with van der Waals surface area (Å²) < 4.78 is 5.58. The van der Waals surface area contributed by atoms with Crippen LogP contribution >= 0.6 is 0 Å². The number of ether oxygens (including phenoxy) is 1. The predicted molar refractivity (Wildman–Crippen MR) is 77.4 cm³/mol. The molecule has 0 spiro atoms.